The number of aryl methyl sites for hydroxylation is 2. The predicted molar refractivity (Wildman–Crippen MR) is 113 cm³/mol. The van der Waals surface area contributed by atoms with Crippen LogP contribution in [-0.2, 0) is 13.6 Å². The fourth-order valence-electron chi connectivity index (χ4n) is 3.68. The Hall–Kier alpha value is -1.86. The first-order valence-corrected chi connectivity index (χ1v) is 10.8. The number of likely N-dealkylation sites (tertiary alicyclic amines) is 1. The molecule has 1 saturated heterocycles. The van der Waals surface area contributed by atoms with Crippen LogP contribution in [0, 0.1) is 13.8 Å². The third-order valence-corrected chi connectivity index (χ3v) is 6.29. The third-order valence-electron chi connectivity index (χ3n) is 5.31. The van der Waals surface area contributed by atoms with E-state index in [9.17, 15) is 0 Å². The maximum absolute atomic E-state index is 4.82. The van der Waals surface area contributed by atoms with Crippen LogP contribution >= 0.6 is 11.3 Å². The fraction of sp³-hybridized carbons (Fsp3) is 0.600. The second kappa shape index (κ2) is 9.37. The maximum Gasteiger partial charge on any atom is 0.191 e. The highest BCUT2D eigenvalue weighted by molar-refractivity contribution is 7.10. The molecular weight excluding hydrogens is 356 g/mol. The average Bonchev–Trinajstić information content (AvgIpc) is 3.39. The van der Waals surface area contributed by atoms with Gasteiger partial charge in [-0.2, -0.15) is 5.10 Å². The second-order valence-corrected chi connectivity index (χ2v) is 8.10. The highest BCUT2D eigenvalue weighted by atomic mass is 32.1. The molecule has 1 atom stereocenters. The van der Waals surface area contributed by atoms with Gasteiger partial charge in [-0.1, -0.05) is 6.07 Å². The van der Waals surface area contributed by atoms with Crippen LogP contribution in [0.2, 0.25) is 0 Å². The summed E-state index contributed by atoms with van der Waals surface area (Å²) in [6, 6.07) is 4.82. The van der Waals surface area contributed by atoms with E-state index < -0.39 is 0 Å². The molecule has 2 aromatic rings. The minimum absolute atomic E-state index is 0.415. The van der Waals surface area contributed by atoms with Crippen molar-refractivity contribution in [3.63, 3.8) is 0 Å². The van der Waals surface area contributed by atoms with E-state index in [-0.39, 0.29) is 0 Å². The molecule has 0 amide bonds. The van der Waals surface area contributed by atoms with E-state index in [0.717, 1.165) is 24.7 Å². The molecule has 148 valence electrons. The summed E-state index contributed by atoms with van der Waals surface area (Å²) in [7, 11) is 1.99. The van der Waals surface area contributed by atoms with Gasteiger partial charge in [0.2, 0.25) is 0 Å². The van der Waals surface area contributed by atoms with Gasteiger partial charge in [0.05, 0.1) is 18.3 Å². The SMILES string of the molecule is CCNC(=NCc1c(C)nn(C)c1C)NCC(c1cccs1)N1CCCC1. The molecule has 1 aliphatic rings. The lowest BCUT2D eigenvalue weighted by Gasteiger charge is -2.27. The molecule has 1 aliphatic heterocycles. The minimum atomic E-state index is 0.415. The smallest absolute Gasteiger partial charge is 0.191 e. The van der Waals surface area contributed by atoms with Gasteiger partial charge >= 0.3 is 0 Å². The van der Waals surface area contributed by atoms with E-state index in [2.05, 4.69) is 58.9 Å². The summed E-state index contributed by atoms with van der Waals surface area (Å²) in [5.74, 6) is 0.876. The Bertz CT molecular complexity index is 743. The Kier molecular flexibility index (Phi) is 6.90. The van der Waals surface area contributed by atoms with E-state index in [1.54, 1.807) is 0 Å². The molecule has 1 unspecified atom stereocenters. The lowest BCUT2D eigenvalue weighted by Crippen LogP contribution is -2.42. The van der Waals surface area contributed by atoms with Crippen molar-refractivity contribution >= 4 is 17.3 Å². The van der Waals surface area contributed by atoms with E-state index in [1.807, 2.05) is 23.1 Å². The average molecular weight is 389 g/mol. The molecule has 7 heteroatoms. The van der Waals surface area contributed by atoms with E-state index in [0.29, 0.717) is 12.6 Å². The standard InChI is InChI=1S/C20H32N6S/c1-5-21-20(22-13-17-15(2)24-25(4)16(17)3)23-14-18(19-9-8-12-27-19)26-10-6-7-11-26/h8-9,12,18H,5-7,10-11,13-14H2,1-4H3,(H2,21,22,23). The largest absolute Gasteiger partial charge is 0.357 e. The number of hydrogen-bond donors (Lipinski definition) is 2. The molecule has 6 nitrogen and oxygen atoms in total. The number of rotatable bonds is 7. The normalized spacial score (nSPS) is 16.7. The van der Waals surface area contributed by atoms with Crippen molar-refractivity contribution in [2.24, 2.45) is 12.0 Å². The summed E-state index contributed by atoms with van der Waals surface area (Å²) in [6.45, 7) is 11.0. The van der Waals surface area contributed by atoms with Gasteiger partial charge in [-0.3, -0.25) is 9.58 Å². The minimum Gasteiger partial charge on any atom is -0.357 e. The number of guanidine groups is 1. The lowest BCUT2D eigenvalue weighted by atomic mass is 10.2. The quantitative estimate of drug-likeness (QED) is 0.566. The van der Waals surface area contributed by atoms with Crippen molar-refractivity contribution in [1.82, 2.24) is 25.3 Å². The van der Waals surface area contributed by atoms with Crippen LogP contribution in [-0.4, -0.2) is 46.8 Å². The number of thiophene rings is 1. The molecule has 3 heterocycles. The van der Waals surface area contributed by atoms with Crippen molar-refractivity contribution < 1.29 is 0 Å². The monoisotopic (exact) mass is 388 g/mol. The van der Waals surface area contributed by atoms with Gasteiger partial charge in [-0.05, 0) is 58.1 Å². The topological polar surface area (TPSA) is 57.5 Å². The van der Waals surface area contributed by atoms with Crippen LogP contribution in [0.1, 0.15) is 47.6 Å². The molecule has 1 fully saturated rings. The summed E-state index contributed by atoms with van der Waals surface area (Å²) >= 11 is 1.85. The van der Waals surface area contributed by atoms with Gasteiger partial charge in [0, 0.05) is 36.3 Å². The molecule has 0 saturated carbocycles. The summed E-state index contributed by atoms with van der Waals surface area (Å²) in [5.41, 5.74) is 3.45. The molecular formula is C20H32N6S. The van der Waals surface area contributed by atoms with Crippen LogP contribution in [0.3, 0.4) is 0 Å². The van der Waals surface area contributed by atoms with Gasteiger partial charge in [0.1, 0.15) is 0 Å². The Morgan fingerprint density at radius 2 is 2.07 bits per heavy atom. The second-order valence-electron chi connectivity index (χ2n) is 7.12. The highest BCUT2D eigenvalue weighted by Crippen LogP contribution is 2.27. The van der Waals surface area contributed by atoms with Crippen LogP contribution in [0.4, 0.5) is 0 Å². The van der Waals surface area contributed by atoms with Crippen LogP contribution in [0.15, 0.2) is 22.5 Å². The zero-order chi connectivity index (χ0) is 19.2. The molecule has 0 bridgehead atoms. The molecule has 0 spiro atoms. The van der Waals surface area contributed by atoms with Crippen molar-refractivity contribution in [3.8, 4) is 0 Å². The molecule has 2 aromatic heterocycles. The number of hydrogen-bond acceptors (Lipinski definition) is 4. The van der Waals surface area contributed by atoms with E-state index >= 15 is 0 Å². The van der Waals surface area contributed by atoms with Crippen LogP contribution < -0.4 is 10.6 Å². The van der Waals surface area contributed by atoms with Crippen molar-refractivity contribution in [3.05, 3.63) is 39.3 Å². The number of nitrogens with zero attached hydrogens (tertiary/aromatic N) is 4. The van der Waals surface area contributed by atoms with E-state index in [1.165, 1.54) is 42.1 Å². The Labute approximate surface area is 166 Å². The summed E-state index contributed by atoms with van der Waals surface area (Å²) in [4.78, 5) is 8.85. The third kappa shape index (κ3) is 4.90. The first-order chi connectivity index (χ1) is 13.1. The summed E-state index contributed by atoms with van der Waals surface area (Å²) in [6.07, 6.45) is 2.60. The molecule has 0 aromatic carbocycles. The fourth-order valence-corrected chi connectivity index (χ4v) is 4.54. The molecule has 0 radical (unpaired) electrons. The maximum atomic E-state index is 4.82. The molecule has 3 rings (SSSR count). The molecule has 0 aliphatic carbocycles. The lowest BCUT2D eigenvalue weighted by molar-refractivity contribution is 0.249. The first kappa shape index (κ1) is 19.9. The van der Waals surface area contributed by atoms with Gasteiger partial charge in [0.15, 0.2) is 5.96 Å². The Morgan fingerprint density at radius 1 is 1.30 bits per heavy atom. The zero-order valence-electron chi connectivity index (χ0n) is 17.0. The van der Waals surface area contributed by atoms with Gasteiger partial charge in [-0.25, -0.2) is 4.99 Å². The van der Waals surface area contributed by atoms with Crippen LogP contribution in [0.5, 0.6) is 0 Å². The van der Waals surface area contributed by atoms with Crippen LogP contribution in [0.25, 0.3) is 0 Å². The first-order valence-electron chi connectivity index (χ1n) is 9.88. The summed E-state index contributed by atoms with van der Waals surface area (Å²) < 4.78 is 1.93. The van der Waals surface area contributed by atoms with Crippen molar-refractivity contribution in [2.45, 2.75) is 46.2 Å². The van der Waals surface area contributed by atoms with Gasteiger partial charge < -0.3 is 10.6 Å². The summed E-state index contributed by atoms with van der Waals surface area (Å²) in [5, 5.41) is 13.6. The molecule has 2 N–H and O–H groups in total. The van der Waals surface area contributed by atoms with Crippen molar-refractivity contribution in [1.29, 1.82) is 0 Å². The number of nitrogens with one attached hydrogen (secondary N) is 2. The van der Waals surface area contributed by atoms with Gasteiger partial charge in [0.25, 0.3) is 0 Å². The predicted octanol–water partition coefficient (Wildman–Crippen LogP) is 2.99. The van der Waals surface area contributed by atoms with E-state index in [4.69, 9.17) is 4.99 Å². The number of aromatic nitrogens is 2. The number of aliphatic imine (C=N–C) groups is 1. The van der Waals surface area contributed by atoms with Crippen molar-refractivity contribution in [2.75, 3.05) is 26.2 Å². The Balaban J connectivity index is 1.69. The Morgan fingerprint density at radius 3 is 2.67 bits per heavy atom. The molecule has 27 heavy (non-hydrogen) atoms. The van der Waals surface area contributed by atoms with Gasteiger partial charge in [-0.15, -0.1) is 11.3 Å². The zero-order valence-corrected chi connectivity index (χ0v) is 17.8. The highest BCUT2D eigenvalue weighted by Gasteiger charge is 2.24.